The number of hydrogen-bond acceptors (Lipinski definition) is 16. The zero-order chi connectivity index (χ0) is 84.8. The zero-order valence-electron chi connectivity index (χ0n) is 70.5. The fourth-order valence-electron chi connectivity index (χ4n) is 15.6. The van der Waals surface area contributed by atoms with Crippen molar-refractivity contribution in [2.24, 2.45) is 0 Å². The van der Waals surface area contributed by atoms with Gasteiger partial charge in [-0.15, -0.1) is 49.4 Å². The Kier molecular flexibility index (Phi) is 30.1. The summed E-state index contributed by atoms with van der Waals surface area (Å²) < 4.78 is 0. The number of nitrogens with zero attached hydrogens (tertiary/aromatic N) is 16. The zero-order valence-corrected chi connectivity index (χ0v) is 80.1. The number of rotatable bonds is 18. The predicted molar refractivity (Wildman–Crippen MR) is 517 cm³/mol. The third-order valence-electron chi connectivity index (χ3n) is 21.5. The second-order valence-electron chi connectivity index (χ2n) is 29.8. The van der Waals surface area contributed by atoms with E-state index in [0.29, 0.717) is 0 Å². The van der Waals surface area contributed by atoms with E-state index in [9.17, 15) is 0 Å². The molecular weight excluding hydrogens is 2310 g/mol. The summed E-state index contributed by atoms with van der Waals surface area (Å²) in [5, 5.41) is 0. The molecule has 0 saturated heterocycles. The molecule has 18 aromatic rings. The summed E-state index contributed by atoms with van der Waals surface area (Å²) in [6, 6.07) is 160. The molecule has 20 heteroatoms. The van der Waals surface area contributed by atoms with Crippen LogP contribution in [-0.4, -0.2) is 34.0 Å². The number of benzene rings is 14. The number of aromatic nitrogens is 4. The van der Waals surface area contributed by atoms with Crippen LogP contribution in [0.5, 0.6) is 0 Å². The van der Waals surface area contributed by atoms with Gasteiger partial charge in [0.05, 0.1) is 52.2 Å². The smallest absolute Gasteiger partial charge is 0.140 e. The molecule has 14 aromatic carbocycles. The molecule has 4 aliphatic heterocycles. The Balaban J connectivity index is 0.000000133. The Morgan fingerprint density at radius 1 is 0.238 bits per heavy atom. The van der Waals surface area contributed by atoms with Gasteiger partial charge < -0.3 is 53.9 Å². The predicted octanol–water partition coefficient (Wildman–Crippen LogP) is 27.6. The molecular formula is C110H84Ir4N16-8. The van der Waals surface area contributed by atoms with Gasteiger partial charge in [-0.05, 0) is 152 Å². The second kappa shape index (κ2) is 43.1. The summed E-state index contributed by atoms with van der Waals surface area (Å²) in [4.78, 5) is 45.5. The van der Waals surface area contributed by atoms with Crippen molar-refractivity contribution in [1.29, 1.82) is 0 Å². The van der Waals surface area contributed by atoms with E-state index in [0.717, 1.165) is 149 Å². The van der Waals surface area contributed by atoms with Crippen molar-refractivity contribution >= 4 is 149 Å². The van der Waals surface area contributed by atoms with E-state index in [1.165, 1.54) is 0 Å². The van der Waals surface area contributed by atoms with Crippen LogP contribution in [0.1, 0.15) is 0 Å². The van der Waals surface area contributed by atoms with Crippen LogP contribution in [0.4, 0.5) is 149 Å². The first-order valence-corrected chi connectivity index (χ1v) is 41.6. The van der Waals surface area contributed by atoms with Crippen LogP contribution in [0.2, 0.25) is 0 Å². The van der Waals surface area contributed by atoms with Gasteiger partial charge in [0, 0.05) is 158 Å². The minimum Gasteiger partial charge on any atom is -0.478 e. The quantitative estimate of drug-likeness (QED) is 0.0763. The normalized spacial score (nSPS) is 12.2. The minimum atomic E-state index is 0. The number of fused-ring (bicyclic) bond motifs is 4. The van der Waals surface area contributed by atoms with E-state index >= 15 is 0 Å². The molecule has 0 atom stereocenters. The average Bonchev–Trinajstić information content (AvgIpc) is 1.56. The van der Waals surface area contributed by atoms with Crippen molar-refractivity contribution in [3.63, 3.8) is 0 Å². The first-order chi connectivity index (χ1) is 62.4. The van der Waals surface area contributed by atoms with Crippen molar-refractivity contribution in [2.45, 2.75) is 0 Å². The summed E-state index contributed by atoms with van der Waals surface area (Å²) in [5.74, 6) is 4.35. The first-order valence-electron chi connectivity index (χ1n) is 41.6. The SMILES string of the molecule is CN(C)c1cnc2c(c1)N(c1ccccc1)[CH-]N2c1[c-]cccc1.[Ir].[Ir].[Ir].[Ir].[c-]1ccccc1N1[CH-]N(c2ccccc2)c2c(N(c3ccccc3)c3ccccc3)ccnc21.[c-]1ccccc1N1[CH-]N(c2ccccc2)c2cc(N(c3ccccc3)c3ccccc3)cnc21.[c-]1ccccc1N1[CH-]N(c2ccccc2)c2ccc(N(c3ccccc3)c3ccccc3)nc21. The molecule has 0 saturated carbocycles. The van der Waals surface area contributed by atoms with Crippen LogP contribution in [0, 0.1) is 50.9 Å². The summed E-state index contributed by atoms with van der Waals surface area (Å²) in [5.41, 5.74) is 21.8. The summed E-state index contributed by atoms with van der Waals surface area (Å²) in [7, 11) is 4.05. The van der Waals surface area contributed by atoms with Gasteiger partial charge in [-0.3, -0.25) is 4.90 Å². The molecule has 0 bridgehead atoms. The molecule has 0 spiro atoms. The minimum absolute atomic E-state index is 0. The van der Waals surface area contributed by atoms with Gasteiger partial charge in [-0.2, -0.15) is 121 Å². The number of pyridine rings is 4. The molecule has 0 aliphatic carbocycles. The maximum Gasteiger partial charge on any atom is 0.140 e. The molecule has 8 heterocycles. The number of para-hydroxylation sites is 14. The standard InChI is InChI=1S/3C30H22N4.C20H18N4.4Ir/c1-5-13-24(14-6-1)32-23-33(25-15-7-2-8-16-25)30-29(32)21-28(22-31-30)34(26-17-9-3-10-18-26)27-19-11-4-12-20-27;1-5-13-24(14-6-1)32-23-33(25-15-7-2-8-16-25)30-29(32)28(21-22-31-30)34(26-17-9-3-10-18-26)27-19-11-4-12-20-27;1-5-13-24(14-6-1)32-23-33(25-15-7-2-8-16-25)30-28(32)21-22-29(31-30)34(26-17-9-3-10-18-26)27-19-11-4-12-20-27;1-22(2)18-13-19-20(21-14-18)24(17-11-7-4-8-12-17)15-23(19)16-9-5-3-6-10-16;;;;/h3*1-15,17-23H;3-11,13-15H,1-2H3;;;;/q4*-2;;;;. The third kappa shape index (κ3) is 19.8. The van der Waals surface area contributed by atoms with Crippen molar-refractivity contribution in [1.82, 2.24) is 19.9 Å². The average molecular weight is 2400 g/mol. The van der Waals surface area contributed by atoms with E-state index in [1.807, 2.05) is 190 Å². The van der Waals surface area contributed by atoms with Gasteiger partial charge in [-0.25, -0.2) is 19.9 Å². The summed E-state index contributed by atoms with van der Waals surface area (Å²) >= 11 is 0. The van der Waals surface area contributed by atoms with Gasteiger partial charge in [0.25, 0.3) is 0 Å². The fraction of sp³-hybridized carbons (Fsp3) is 0.0182. The third-order valence-corrected chi connectivity index (χ3v) is 21.5. The van der Waals surface area contributed by atoms with Gasteiger partial charge in [0.1, 0.15) is 29.1 Å². The van der Waals surface area contributed by atoms with E-state index < -0.39 is 0 Å². The van der Waals surface area contributed by atoms with Crippen molar-refractivity contribution in [3.8, 4) is 0 Å². The maximum atomic E-state index is 5.20. The van der Waals surface area contributed by atoms with E-state index in [-0.39, 0.29) is 80.4 Å². The summed E-state index contributed by atoms with van der Waals surface area (Å²) in [6.45, 7) is 8.32. The molecule has 0 amide bonds. The van der Waals surface area contributed by atoms with E-state index in [4.69, 9.17) is 19.9 Å². The van der Waals surface area contributed by atoms with Crippen LogP contribution in [0.3, 0.4) is 0 Å². The summed E-state index contributed by atoms with van der Waals surface area (Å²) in [6.07, 6.45) is 5.72. The Morgan fingerprint density at radius 3 is 0.885 bits per heavy atom. The molecule has 16 nitrogen and oxygen atoms in total. The molecule has 130 heavy (non-hydrogen) atoms. The topological polar surface area (TPSA) is 90.4 Å². The first kappa shape index (κ1) is 90.7. The van der Waals surface area contributed by atoms with Crippen LogP contribution < -0.4 is 58.8 Å². The molecule has 4 aliphatic rings. The van der Waals surface area contributed by atoms with Gasteiger partial charge in [-0.1, -0.05) is 182 Å². The Bertz CT molecular complexity index is 6170. The van der Waals surface area contributed by atoms with Gasteiger partial charge in [0.15, 0.2) is 0 Å². The van der Waals surface area contributed by atoms with Crippen LogP contribution in [-0.2, 0) is 80.4 Å². The van der Waals surface area contributed by atoms with Gasteiger partial charge >= 0.3 is 0 Å². The fourth-order valence-corrected chi connectivity index (χ4v) is 15.6. The van der Waals surface area contributed by atoms with Crippen LogP contribution in [0.25, 0.3) is 0 Å². The molecule has 0 fully saturated rings. The Morgan fingerprint density at radius 2 is 0.531 bits per heavy atom. The molecule has 648 valence electrons. The Labute approximate surface area is 814 Å². The maximum absolute atomic E-state index is 5.20. The van der Waals surface area contributed by atoms with Crippen LogP contribution in [0.15, 0.2) is 449 Å². The number of anilines is 26. The van der Waals surface area contributed by atoms with E-state index in [2.05, 4.69) is 383 Å². The van der Waals surface area contributed by atoms with Crippen LogP contribution >= 0.6 is 0 Å². The Hall–Kier alpha value is -14.1. The number of hydrogen-bond donors (Lipinski definition) is 0. The molecule has 0 unspecified atom stereocenters. The van der Waals surface area contributed by atoms with Crippen molar-refractivity contribution < 1.29 is 80.4 Å². The van der Waals surface area contributed by atoms with Crippen molar-refractivity contribution in [3.05, 3.63) is 500 Å². The van der Waals surface area contributed by atoms with E-state index in [1.54, 1.807) is 0 Å². The monoisotopic (exact) mass is 2400 g/mol. The van der Waals surface area contributed by atoms with Gasteiger partial charge in [0.2, 0.25) is 0 Å². The molecule has 0 N–H and O–H groups in total. The largest absolute Gasteiger partial charge is 0.478 e. The molecule has 22 rings (SSSR count). The molecule has 4 radical (unpaired) electrons. The van der Waals surface area contributed by atoms with Crippen molar-refractivity contribution in [2.75, 3.05) is 72.9 Å². The molecule has 4 aromatic heterocycles. The second-order valence-corrected chi connectivity index (χ2v) is 29.8.